The molecule has 3 heteroatoms. The first kappa shape index (κ1) is 10.1. The molecular weight excluding hydrogens is 168 g/mol. The van der Waals surface area contributed by atoms with E-state index in [1.54, 1.807) is 0 Å². The third-order valence-electron chi connectivity index (χ3n) is 2.22. The van der Waals surface area contributed by atoms with Crippen molar-refractivity contribution in [1.82, 2.24) is 0 Å². The highest BCUT2D eigenvalue weighted by molar-refractivity contribution is 5.91. The lowest BCUT2D eigenvalue weighted by atomic mass is 10.1. The Morgan fingerprint density at radius 1 is 1.38 bits per heavy atom. The SMILES string of the molecule is CCCCCCC1=C(O)COC1=O. The van der Waals surface area contributed by atoms with Gasteiger partial charge in [-0.1, -0.05) is 26.2 Å². The summed E-state index contributed by atoms with van der Waals surface area (Å²) in [6.45, 7) is 2.21. The van der Waals surface area contributed by atoms with Gasteiger partial charge in [0.25, 0.3) is 0 Å². The number of unbranched alkanes of at least 4 members (excludes halogenated alkanes) is 3. The molecule has 13 heavy (non-hydrogen) atoms. The van der Waals surface area contributed by atoms with Crippen LogP contribution in [-0.2, 0) is 9.53 Å². The van der Waals surface area contributed by atoms with E-state index in [1.807, 2.05) is 0 Å². The number of aliphatic hydroxyl groups excluding tert-OH is 1. The molecule has 0 aromatic heterocycles. The summed E-state index contributed by atoms with van der Waals surface area (Å²) in [5.74, 6) is -0.213. The lowest BCUT2D eigenvalue weighted by Crippen LogP contribution is -1.99. The number of carbonyl (C=O) groups excluding carboxylic acids is 1. The normalized spacial score (nSPS) is 16.5. The van der Waals surface area contributed by atoms with Gasteiger partial charge in [-0.15, -0.1) is 0 Å². The van der Waals surface area contributed by atoms with Crippen molar-refractivity contribution in [3.8, 4) is 0 Å². The van der Waals surface area contributed by atoms with Crippen LogP contribution in [0.5, 0.6) is 0 Å². The Hall–Kier alpha value is -0.990. The minimum atomic E-state index is -0.339. The second kappa shape index (κ2) is 4.90. The molecule has 1 aliphatic rings. The third-order valence-corrected chi connectivity index (χ3v) is 2.22. The van der Waals surface area contributed by atoms with E-state index in [1.165, 1.54) is 12.8 Å². The second-order valence-corrected chi connectivity index (χ2v) is 3.31. The molecule has 0 amide bonds. The van der Waals surface area contributed by atoms with Crippen LogP contribution in [0.25, 0.3) is 0 Å². The van der Waals surface area contributed by atoms with E-state index >= 15 is 0 Å². The quantitative estimate of drug-likeness (QED) is 0.527. The van der Waals surface area contributed by atoms with Crippen molar-refractivity contribution in [3.05, 3.63) is 11.3 Å². The minimum absolute atomic E-state index is 0.0714. The number of cyclic esters (lactones) is 1. The van der Waals surface area contributed by atoms with Crippen molar-refractivity contribution in [2.75, 3.05) is 6.61 Å². The van der Waals surface area contributed by atoms with Gasteiger partial charge in [0, 0.05) is 0 Å². The molecule has 0 unspecified atom stereocenters. The van der Waals surface area contributed by atoms with Gasteiger partial charge in [0.1, 0.15) is 12.4 Å². The maximum Gasteiger partial charge on any atom is 0.337 e. The summed E-state index contributed by atoms with van der Waals surface area (Å²) in [6, 6.07) is 0. The van der Waals surface area contributed by atoms with Gasteiger partial charge in [-0.25, -0.2) is 4.79 Å². The molecule has 0 spiro atoms. The molecule has 0 fully saturated rings. The molecule has 0 radical (unpaired) electrons. The van der Waals surface area contributed by atoms with Crippen molar-refractivity contribution in [1.29, 1.82) is 0 Å². The zero-order valence-corrected chi connectivity index (χ0v) is 8.01. The average Bonchev–Trinajstić information content (AvgIpc) is 2.42. The van der Waals surface area contributed by atoms with Crippen LogP contribution in [0.1, 0.15) is 39.0 Å². The lowest BCUT2D eigenvalue weighted by Gasteiger charge is -1.98. The van der Waals surface area contributed by atoms with Crippen molar-refractivity contribution >= 4 is 5.97 Å². The molecular formula is C10H16O3. The maximum atomic E-state index is 11.0. The van der Waals surface area contributed by atoms with Crippen LogP contribution in [0.15, 0.2) is 11.3 Å². The molecule has 3 nitrogen and oxygen atoms in total. The molecule has 0 atom stereocenters. The van der Waals surface area contributed by atoms with Gasteiger partial charge in [-0.2, -0.15) is 0 Å². The molecule has 1 aliphatic heterocycles. The van der Waals surface area contributed by atoms with Crippen LogP contribution in [0, 0.1) is 0 Å². The van der Waals surface area contributed by atoms with Crippen molar-refractivity contribution < 1.29 is 14.6 Å². The highest BCUT2D eigenvalue weighted by atomic mass is 16.5. The topological polar surface area (TPSA) is 46.5 Å². The van der Waals surface area contributed by atoms with E-state index in [0.717, 1.165) is 12.8 Å². The standard InChI is InChI=1S/C10H16O3/c1-2-3-4-5-6-8-9(11)7-13-10(8)12/h11H,2-7H2,1H3. The fraction of sp³-hybridized carbons (Fsp3) is 0.700. The largest absolute Gasteiger partial charge is 0.508 e. The third kappa shape index (κ3) is 2.76. The van der Waals surface area contributed by atoms with E-state index in [9.17, 15) is 9.90 Å². The van der Waals surface area contributed by atoms with Crippen LogP contribution in [0.3, 0.4) is 0 Å². The van der Waals surface area contributed by atoms with Gasteiger partial charge < -0.3 is 9.84 Å². The van der Waals surface area contributed by atoms with Gasteiger partial charge in [0.15, 0.2) is 0 Å². The Balaban J connectivity index is 2.27. The number of hydrogen-bond donors (Lipinski definition) is 1. The first-order valence-corrected chi connectivity index (χ1v) is 4.83. The first-order valence-electron chi connectivity index (χ1n) is 4.83. The Kier molecular flexibility index (Phi) is 3.80. The number of ether oxygens (including phenoxy) is 1. The number of rotatable bonds is 5. The van der Waals surface area contributed by atoms with E-state index in [4.69, 9.17) is 0 Å². The lowest BCUT2D eigenvalue weighted by molar-refractivity contribution is -0.136. The molecule has 1 rings (SSSR count). The van der Waals surface area contributed by atoms with Crippen molar-refractivity contribution in [3.63, 3.8) is 0 Å². The molecule has 0 saturated heterocycles. The highest BCUT2D eigenvalue weighted by Gasteiger charge is 2.23. The van der Waals surface area contributed by atoms with E-state index in [-0.39, 0.29) is 18.3 Å². The summed E-state index contributed by atoms with van der Waals surface area (Å²) in [7, 11) is 0. The highest BCUT2D eigenvalue weighted by Crippen LogP contribution is 2.19. The Morgan fingerprint density at radius 3 is 2.69 bits per heavy atom. The summed E-state index contributed by atoms with van der Waals surface area (Å²) in [5, 5.41) is 9.25. The fourth-order valence-electron chi connectivity index (χ4n) is 1.40. The molecule has 0 bridgehead atoms. The maximum absolute atomic E-state index is 11.0. The second-order valence-electron chi connectivity index (χ2n) is 3.31. The Morgan fingerprint density at radius 2 is 2.15 bits per heavy atom. The molecule has 1 N–H and O–H groups in total. The van der Waals surface area contributed by atoms with Crippen LogP contribution < -0.4 is 0 Å². The van der Waals surface area contributed by atoms with Crippen LogP contribution in [0.2, 0.25) is 0 Å². The van der Waals surface area contributed by atoms with E-state index in [0.29, 0.717) is 12.0 Å². The van der Waals surface area contributed by atoms with Crippen LogP contribution in [0.4, 0.5) is 0 Å². The molecule has 74 valence electrons. The molecule has 0 aromatic rings. The van der Waals surface area contributed by atoms with Gasteiger partial charge in [-0.05, 0) is 12.8 Å². The van der Waals surface area contributed by atoms with E-state index in [2.05, 4.69) is 11.7 Å². The smallest absolute Gasteiger partial charge is 0.337 e. The Bertz CT molecular complexity index is 218. The molecule has 0 aliphatic carbocycles. The number of esters is 1. The predicted molar refractivity (Wildman–Crippen MR) is 49.4 cm³/mol. The first-order chi connectivity index (χ1) is 6.25. The number of carbonyl (C=O) groups is 1. The van der Waals surface area contributed by atoms with Gasteiger partial charge in [-0.3, -0.25) is 0 Å². The fourth-order valence-corrected chi connectivity index (χ4v) is 1.40. The van der Waals surface area contributed by atoms with E-state index < -0.39 is 0 Å². The predicted octanol–water partition coefficient (Wildman–Crippen LogP) is 2.33. The van der Waals surface area contributed by atoms with Crippen LogP contribution >= 0.6 is 0 Å². The molecule has 1 heterocycles. The monoisotopic (exact) mass is 184 g/mol. The van der Waals surface area contributed by atoms with Gasteiger partial charge >= 0.3 is 5.97 Å². The minimum Gasteiger partial charge on any atom is -0.508 e. The Labute approximate surface area is 78.4 Å². The average molecular weight is 184 g/mol. The van der Waals surface area contributed by atoms with Gasteiger partial charge in [0.2, 0.25) is 0 Å². The number of hydrogen-bond acceptors (Lipinski definition) is 3. The molecule has 0 aromatic carbocycles. The number of aliphatic hydroxyl groups is 1. The summed E-state index contributed by atoms with van der Waals surface area (Å²) >= 11 is 0. The summed E-state index contributed by atoms with van der Waals surface area (Å²) in [4.78, 5) is 11.0. The van der Waals surface area contributed by atoms with Crippen molar-refractivity contribution in [2.24, 2.45) is 0 Å². The zero-order chi connectivity index (χ0) is 9.68. The van der Waals surface area contributed by atoms with Gasteiger partial charge in [0.05, 0.1) is 5.57 Å². The zero-order valence-electron chi connectivity index (χ0n) is 8.01. The summed E-state index contributed by atoms with van der Waals surface area (Å²) < 4.78 is 4.67. The molecule has 0 saturated carbocycles. The van der Waals surface area contributed by atoms with Crippen molar-refractivity contribution in [2.45, 2.75) is 39.0 Å². The summed E-state index contributed by atoms with van der Waals surface area (Å²) in [5.41, 5.74) is 0.483. The van der Waals surface area contributed by atoms with Crippen LogP contribution in [-0.4, -0.2) is 17.7 Å². The summed E-state index contributed by atoms with van der Waals surface area (Å²) in [6.07, 6.45) is 5.09.